The van der Waals surface area contributed by atoms with Gasteiger partial charge in [0, 0.05) is 19.2 Å². The first-order chi connectivity index (χ1) is 3.97. The number of fused-ring (bicyclic) bond motifs is 1. The van der Waals surface area contributed by atoms with E-state index in [9.17, 15) is 0 Å². The van der Waals surface area contributed by atoms with Gasteiger partial charge in [-0.1, -0.05) is 0 Å². The zero-order valence-electron chi connectivity index (χ0n) is 5.29. The summed E-state index contributed by atoms with van der Waals surface area (Å²) >= 11 is 0. The second-order valence-corrected chi connectivity index (χ2v) is 2.49. The lowest BCUT2D eigenvalue weighted by Crippen LogP contribution is -2.17. The molecule has 0 bridgehead atoms. The molecule has 9 heavy (non-hydrogen) atoms. The smallest absolute Gasteiger partial charge is 0.0521 e. The number of hydrazone groups is 1. The Morgan fingerprint density at radius 1 is 1.56 bits per heavy atom. The van der Waals surface area contributed by atoms with Crippen LogP contribution in [0.5, 0.6) is 0 Å². The first-order valence-electron chi connectivity index (χ1n) is 3.26. The van der Waals surface area contributed by atoms with Gasteiger partial charge in [-0.25, -0.2) is 0 Å². The van der Waals surface area contributed by atoms with E-state index in [-0.39, 0.29) is 12.4 Å². The van der Waals surface area contributed by atoms with Crippen molar-refractivity contribution in [1.29, 1.82) is 0 Å². The van der Waals surface area contributed by atoms with Crippen LogP contribution < -0.4 is 0 Å². The molecule has 1 atom stereocenters. The number of hydrogen-bond acceptors (Lipinski definition) is 2. The Balaban J connectivity index is 0.000000405. The van der Waals surface area contributed by atoms with Crippen LogP contribution in [0.3, 0.4) is 0 Å². The van der Waals surface area contributed by atoms with Crippen LogP contribution >= 0.6 is 12.4 Å². The van der Waals surface area contributed by atoms with Crippen LogP contribution in [-0.4, -0.2) is 23.8 Å². The molecule has 2 nitrogen and oxygen atoms in total. The van der Waals surface area contributed by atoms with Gasteiger partial charge in [0.05, 0.1) is 6.04 Å². The Kier molecular flexibility index (Phi) is 1.96. The number of halogens is 1. The van der Waals surface area contributed by atoms with E-state index in [1.807, 2.05) is 6.21 Å². The van der Waals surface area contributed by atoms with Gasteiger partial charge in [-0.2, -0.15) is 5.10 Å². The molecule has 0 spiro atoms. The quantitative estimate of drug-likeness (QED) is 0.503. The topological polar surface area (TPSA) is 15.6 Å². The van der Waals surface area contributed by atoms with Gasteiger partial charge < -0.3 is 0 Å². The van der Waals surface area contributed by atoms with Crippen molar-refractivity contribution in [3.8, 4) is 0 Å². The summed E-state index contributed by atoms with van der Waals surface area (Å²) in [6.45, 7) is 1.20. The van der Waals surface area contributed by atoms with Crippen LogP contribution in [0.25, 0.3) is 0 Å². The minimum Gasteiger partial charge on any atom is -0.294 e. The van der Waals surface area contributed by atoms with Crippen LogP contribution in [0.15, 0.2) is 5.10 Å². The normalized spacial score (nSPS) is 30.2. The van der Waals surface area contributed by atoms with Gasteiger partial charge in [0.15, 0.2) is 0 Å². The van der Waals surface area contributed by atoms with E-state index in [0.717, 1.165) is 6.04 Å². The zero-order chi connectivity index (χ0) is 5.40. The molecule has 1 unspecified atom stereocenters. The Bertz CT molecular complexity index is 124. The molecule has 0 N–H and O–H groups in total. The van der Waals surface area contributed by atoms with Crippen LogP contribution in [0.1, 0.15) is 19.3 Å². The van der Waals surface area contributed by atoms with E-state index in [1.54, 1.807) is 0 Å². The third kappa shape index (κ3) is 1.04. The third-order valence-corrected chi connectivity index (χ3v) is 1.95. The molecule has 52 valence electrons. The summed E-state index contributed by atoms with van der Waals surface area (Å²) < 4.78 is 0. The molecule has 2 rings (SSSR count). The van der Waals surface area contributed by atoms with Crippen molar-refractivity contribution in [1.82, 2.24) is 5.01 Å². The van der Waals surface area contributed by atoms with Crippen molar-refractivity contribution in [3.63, 3.8) is 0 Å². The molecule has 0 radical (unpaired) electrons. The summed E-state index contributed by atoms with van der Waals surface area (Å²) in [6, 6.07) is 0.787. The van der Waals surface area contributed by atoms with Crippen LogP contribution in [0, 0.1) is 0 Å². The van der Waals surface area contributed by atoms with Gasteiger partial charge in [0.2, 0.25) is 0 Å². The maximum absolute atomic E-state index is 4.21. The van der Waals surface area contributed by atoms with E-state index in [0.29, 0.717) is 0 Å². The largest absolute Gasteiger partial charge is 0.294 e. The predicted octanol–water partition coefficient (Wildman–Crippen LogP) is 1.26. The van der Waals surface area contributed by atoms with Crippen molar-refractivity contribution in [2.45, 2.75) is 25.3 Å². The summed E-state index contributed by atoms with van der Waals surface area (Å²) in [5.41, 5.74) is 0. The highest BCUT2D eigenvalue weighted by Crippen LogP contribution is 2.22. The average molecular weight is 147 g/mol. The lowest BCUT2D eigenvalue weighted by atomic mass is 10.2. The van der Waals surface area contributed by atoms with Gasteiger partial charge in [0.1, 0.15) is 0 Å². The molecular formula is C6H11ClN2. The van der Waals surface area contributed by atoms with Crippen LogP contribution in [0.4, 0.5) is 0 Å². The van der Waals surface area contributed by atoms with Crippen LogP contribution in [-0.2, 0) is 0 Å². The summed E-state index contributed by atoms with van der Waals surface area (Å²) in [4.78, 5) is 0. The molecule has 2 aliphatic heterocycles. The second-order valence-electron chi connectivity index (χ2n) is 2.49. The van der Waals surface area contributed by atoms with Crippen molar-refractivity contribution in [2.24, 2.45) is 5.10 Å². The second kappa shape index (κ2) is 2.56. The minimum atomic E-state index is 0. The number of rotatable bonds is 0. The third-order valence-electron chi connectivity index (χ3n) is 1.95. The van der Waals surface area contributed by atoms with E-state index in [2.05, 4.69) is 10.1 Å². The standard InChI is InChI=1S/C6H10N2.ClH/c1-2-6-3-4-7-8(6)5-1;/h4,6H,1-3,5H2;1H. The maximum atomic E-state index is 4.21. The fourth-order valence-corrected chi connectivity index (χ4v) is 1.49. The summed E-state index contributed by atoms with van der Waals surface area (Å²) in [6.07, 6.45) is 5.94. The SMILES string of the molecule is C1=NN2CCCC2C1.Cl. The van der Waals surface area contributed by atoms with Gasteiger partial charge in [-0.15, -0.1) is 12.4 Å². The minimum absolute atomic E-state index is 0. The van der Waals surface area contributed by atoms with Gasteiger partial charge in [-0.05, 0) is 12.8 Å². The lowest BCUT2D eigenvalue weighted by Gasteiger charge is -2.11. The Morgan fingerprint density at radius 3 is 3.22 bits per heavy atom. The monoisotopic (exact) mass is 146 g/mol. The summed E-state index contributed by atoms with van der Waals surface area (Å²) in [7, 11) is 0. The van der Waals surface area contributed by atoms with Crippen molar-refractivity contribution in [2.75, 3.05) is 6.54 Å². The highest BCUT2D eigenvalue weighted by Gasteiger charge is 2.24. The fourth-order valence-electron chi connectivity index (χ4n) is 1.49. The highest BCUT2D eigenvalue weighted by atomic mass is 35.5. The molecular weight excluding hydrogens is 136 g/mol. The van der Waals surface area contributed by atoms with Crippen molar-refractivity contribution in [3.05, 3.63) is 0 Å². The van der Waals surface area contributed by atoms with Gasteiger partial charge in [0.25, 0.3) is 0 Å². The van der Waals surface area contributed by atoms with Gasteiger partial charge >= 0.3 is 0 Å². The molecule has 2 heterocycles. The van der Waals surface area contributed by atoms with Crippen molar-refractivity contribution < 1.29 is 0 Å². The van der Waals surface area contributed by atoms with Gasteiger partial charge in [-0.3, -0.25) is 5.01 Å². The Hall–Kier alpha value is -0.240. The molecule has 1 saturated heterocycles. The Labute approximate surface area is 61.3 Å². The van der Waals surface area contributed by atoms with Crippen LogP contribution in [0.2, 0.25) is 0 Å². The van der Waals surface area contributed by atoms with E-state index >= 15 is 0 Å². The van der Waals surface area contributed by atoms with E-state index in [4.69, 9.17) is 0 Å². The van der Waals surface area contributed by atoms with E-state index < -0.39 is 0 Å². The first-order valence-corrected chi connectivity index (χ1v) is 3.26. The fraction of sp³-hybridized carbons (Fsp3) is 0.833. The lowest BCUT2D eigenvalue weighted by molar-refractivity contribution is 0.298. The summed E-state index contributed by atoms with van der Waals surface area (Å²) in [5.74, 6) is 0. The average Bonchev–Trinajstić information content (AvgIpc) is 2.15. The molecule has 0 aromatic heterocycles. The molecule has 0 amide bonds. The predicted molar refractivity (Wildman–Crippen MR) is 40.1 cm³/mol. The van der Waals surface area contributed by atoms with Crippen molar-refractivity contribution >= 4 is 18.6 Å². The first kappa shape index (κ1) is 6.87. The molecule has 0 aliphatic carbocycles. The molecule has 0 aromatic carbocycles. The zero-order valence-corrected chi connectivity index (χ0v) is 6.10. The molecule has 3 heteroatoms. The number of hydrogen-bond donors (Lipinski definition) is 0. The maximum Gasteiger partial charge on any atom is 0.0521 e. The Morgan fingerprint density at radius 2 is 2.44 bits per heavy atom. The number of nitrogens with zero attached hydrogens (tertiary/aromatic N) is 2. The summed E-state index contributed by atoms with van der Waals surface area (Å²) in [5, 5.41) is 6.41. The molecule has 0 aromatic rings. The molecule has 1 fully saturated rings. The molecule has 2 aliphatic rings. The van der Waals surface area contributed by atoms with E-state index in [1.165, 1.54) is 25.8 Å². The molecule has 0 saturated carbocycles. The highest BCUT2D eigenvalue weighted by molar-refractivity contribution is 5.85.